The van der Waals surface area contributed by atoms with E-state index < -0.39 is 16.7 Å². The number of nitro benzene ring substituents is 1. The minimum Gasteiger partial charge on any atom is -0.288 e. The van der Waals surface area contributed by atoms with Crippen LogP contribution in [0.3, 0.4) is 0 Å². The van der Waals surface area contributed by atoms with Crippen LogP contribution in [0, 0.1) is 10.1 Å². The van der Waals surface area contributed by atoms with Crippen LogP contribution in [-0.2, 0) is 0 Å². The van der Waals surface area contributed by atoms with E-state index in [2.05, 4.69) is 21.4 Å². The number of hydrogen-bond donors (Lipinski definition) is 1. The van der Waals surface area contributed by atoms with E-state index in [1.165, 1.54) is 6.07 Å². The Labute approximate surface area is 165 Å². The Morgan fingerprint density at radius 3 is 2.44 bits per heavy atom. The fraction of sp³-hybridized carbons (Fsp3) is 0. The average Bonchev–Trinajstić information content (AvgIpc) is 2.64. The molecule has 0 radical (unpaired) electrons. The molecule has 1 N–H and O–H groups in total. The lowest BCUT2D eigenvalue weighted by molar-refractivity contribution is -0.385. The van der Waals surface area contributed by atoms with E-state index >= 15 is 0 Å². The van der Waals surface area contributed by atoms with Gasteiger partial charge in [0, 0.05) is 21.9 Å². The fourth-order valence-corrected chi connectivity index (χ4v) is 3.82. The molecular formula is C18H9BrClN3O4. The first-order valence-corrected chi connectivity index (χ1v) is 8.86. The second-order valence-electron chi connectivity index (χ2n) is 5.81. The molecule has 3 aromatic rings. The zero-order valence-electron chi connectivity index (χ0n) is 13.4. The van der Waals surface area contributed by atoms with Crippen molar-refractivity contribution in [2.75, 3.05) is 5.43 Å². The van der Waals surface area contributed by atoms with E-state index in [1.807, 2.05) is 0 Å². The summed E-state index contributed by atoms with van der Waals surface area (Å²) < 4.78 is 0.227. The molecule has 4 rings (SSSR count). The molecule has 7 nitrogen and oxygen atoms in total. The number of nitro groups is 1. The number of anilines is 1. The standard InChI is InChI=1S/C18H9BrClN3O4/c19-16-11-5-2-6-12-15(11)13(8-14(16)23(26)27)18(25)22(17(12)24)21-10-4-1-3-9(20)7-10/h1-8,21H. The van der Waals surface area contributed by atoms with E-state index in [9.17, 15) is 19.7 Å². The van der Waals surface area contributed by atoms with Crippen molar-refractivity contribution in [2.24, 2.45) is 0 Å². The smallest absolute Gasteiger partial charge is 0.284 e. The number of nitrogens with one attached hydrogen (secondary N) is 1. The van der Waals surface area contributed by atoms with Crippen LogP contribution in [0.15, 0.2) is 53.0 Å². The SMILES string of the molecule is O=C1c2cccc3c(Br)c([N+](=O)[O-])cc(c23)C(=O)N1Nc1cccc(Cl)c1. The van der Waals surface area contributed by atoms with Crippen LogP contribution in [0.4, 0.5) is 11.4 Å². The molecule has 0 fully saturated rings. The number of benzene rings is 3. The van der Waals surface area contributed by atoms with E-state index in [0.29, 0.717) is 21.5 Å². The van der Waals surface area contributed by atoms with Gasteiger partial charge in [-0.2, -0.15) is 5.01 Å². The van der Waals surface area contributed by atoms with Crippen LogP contribution in [0.2, 0.25) is 5.02 Å². The Kier molecular flexibility index (Phi) is 4.09. The third-order valence-corrected chi connectivity index (χ3v) is 5.27. The minimum absolute atomic E-state index is 0.0737. The molecule has 27 heavy (non-hydrogen) atoms. The van der Waals surface area contributed by atoms with Crippen LogP contribution in [0.1, 0.15) is 20.7 Å². The Bertz CT molecular complexity index is 1160. The van der Waals surface area contributed by atoms with Crippen molar-refractivity contribution in [1.29, 1.82) is 0 Å². The Balaban J connectivity index is 1.91. The highest BCUT2D eigenvalue weighted by atomic mass is 79.9. The number of hydrazine groups is 1. The molecule has 1 aliphatic rings. The summed E-state index contributed by atoms with van der Waals surface area (Å²) in [5, 5.41) is 13.4. The Morgan fingerprint density at radius 1 is 1.04 bits per heavy atom. The van der Waals surface area contributed by atoms with E-state index in [-0.39, 0.29) is 21.3 Å². The summed E-state index contributed by atoms with van der Waals surface area (Å²) in [6, 6.07) is 12.5. The van der Waals surface area contributed by atoms with Gasteiger partial charge >= 0.3 is 0 Å². The second-order valence-corrected chi connectivity index (χ2v) is 7.04. The lowest BCUT2D eigenvalue weighted by Gasteiger charge is -2.28. The molecule has 0 aromatic heterocycles. The molecule has 134 valence electrons. The van der Waals surface area contributed by atoms with Gasteiger partial charge in [0.2, 0.25) is 0 Å². The first kappa shape index (κ1) is 17.4. The number of carbonyl (C=O) groups is 2. The zero-order chi connectivity index (χ0) is 19.3. The van der Waals surface area contributed by atoms with E-state index in [4.69, 9.17) is 11.6 Å². The van der Waals surface area contributed by atoms with Crippen molar-refractivity contribution in [2.45, 2.75) is 0 Å². The molecule has 0 bridgehead atoms. The van der Waals surface area contributed by atoms with Crippen molar-refractivity contribution < 1.29 is 14.5 Å². The number of amides is 2. The number of halogens is 2. The Morgan fingerprint density at radius 2 is 1.74 bits per heavy atom. The lowest BCUT2D eigenvalue weighted by atomic mass is 9.94. The van der Waals surface area contributed by atoms with Gasteiger partial charge < -0.3 is 0 Å². The van der Waals surface area contributed by atoms with Gasteiger partial charge in [-0.15, -0.1) is 0 Å². The quantitative estimate of drug-likeness (QED) is 0.355. The lowest BCUT2D eigenvalue weighted by Crippen LogP contribution is -2.44. The third-order valence-electron chi connectivity index (χ3n) is 4.21. The molecule has 0 spiro atoms. The van der Waals surface area contributed by atoms with Crippen molar-refractivity contribution in [3.05, 3.63) is 79.3 Å². The summed E-state index contributed by atoms with van der Waals surface area (Å²) in [6.45, 7) is 0. The van der Waals surface area contributed by atoms with Crippen molar-refractivity contribution in [1.82, 2.24) is 5.01 Å². The molecule has 1 heterocycles. The maximum absolute atomic E-state index is 13.0. The average molecular weight is 447 g/mol. The summed E-state index contributed by atoms with van der Waals surface area (Å²) >= 11 is 9.16. The van der Waals surface area contributed by atoms with Crippen molar-refractivity contribution >= 4 is 61.5 Å². The number of nitrogens with zero attached hydrogens (tertiary/aromatic N) is 2. The second kappa shape index (κ2) is 6.33. The summed E-state index contributed by atoms with van der Waals surface area (Å²) in [6.07, 6.45) is 0. The normalized spacial score (nSPS) is 13.2. The first-order valence-electron chi connectivity index (χ1n) is 7.69. The maximum Gasteiger partial charge on any atom is 0.284 e. The predicted octanol–water partition coefficient (Wildman–Crippen LogP) is 4.79. The minimum atomic E-state index is -0.681. The number of rotatable bonds is 3. The monoisotopic (exact) mass is 445 g/mol. The molecule has 0 atom stereocenters. The molecule has 2 amide bonds. The van der Waals surface area contributed by atoms with Gasteiger partial charge in [0.15, 0.2) is 0 Å². The fourth-order valence-electron chi connectivity index (χ4n) is 3.04. The summed E-state index contributed by atoms with van der Waals surface area (Å²) in [7, 11) is 0. The van der Waals surface area contributed by atoms with Crippen LogP contribution in [0.25, 0.3) is 10.8 Å². The maximum atomic E-state index is 13.0. The highest BCUT2D eigenvalue weighted by Crippen LogP contribution is 2.39. The largest absolute Gasteiger partial charge is 0.288 e. The van der Waals surface area contributed by atoms with Crippen LogP contribution in [0.5, 0.6) is 0 Å². The summed E-state index contributed by atoms with van der Waals surface area (Å²) in [4.78, 5) is 36.6. The molecule has 0 aliphatic carbocycles. The molecule has 9 heteroatoms. The summed E-state index contributed by atoms with van der Waals surface area (Å²) in [5.41, 5.74) is 3.27. The highest BCUT2D eigenvalue weighted by molar-refractivity contribution is 9.10. The van der Waals surface area contributed by atoms with E-state index in [0.717, 1.165) is 5.01 Å². The van der Waals surface area contributed by atoms with Gasteiger partial charge in [0.1, 0.15) is 4.47 Å². The van der Waals surface area contributed by atoms with Crippen molar-refractivity contribution in [3.8, 4) is 0 Å². The number of imide groups is 1. The van der Waals surface area contributed by atoms with Crippen LogP contribution in [-0.4, -0.2) is 21.7 Å². The first-order chi connectivity index (χ1) is 12.9. The molecule has 0 unspecified atom stereocenters. The zero-order valence-corrected chi connectivity index (χ0v) is 15.7. The molecular weight excluding hydrogens is 438 g/mol. The number of carbonyl (C=O) groups excluding carboxylic acids is 2. The van der Waals surface area contributed by atoms with Gasteiger partial charge in [-0.25, -0.2) is 0 Å². The van der Waals surface area contributed by atoms with Gasteiger partial charge in [0.25, 0.3) is 17.5 Å². The van der Waals surface area contributed by atoms with Gasteiger partial charge in [-0.05, 0) is 40.2 Å². The van der Waals surface area contributed by atoms with E-state index in [1.54, 1.807) is 42.5 Å². The molecule has 0 saturated heterocycles. The van der Waals surface area contributed by atoms with Crippen molar-refractivity contribution in [3.63, 3.8) is 0 Å². The molecule has 1 aliphatic heterocycles. The molecule has 3 aromatic carbocycles. The third kappa shape index (κ3) is 2.73. The van der Waals surface area contributed by atoms with Gasteiger partial charge in [-0.3, -0.25) is 25.1 Å². The highest BCUT2D eigenvalue weighted by Gasteiger charge is 2.36. The molecule has 0 saturated carbocycles. The van der Waals surface area contributed by atoms with Gasteiger partial charge in [-0.1, -0.05) is 29.8 Å². The van der Waals surface area contributed by atoms with Crippen LogP contribution >= 0.6 is 27.5 Å². The number of hydrogen-bond acceptors (Lipinski definition) is 5. The van der Waals surface area contributed by atoms with Crippen LogP contribution < -0.4 is 5.43 Å². The predicted molar refractivity (Wildman–Crippen MR) is 104 cm³/mol. The summed E-state index contributed by atoms with van der Waals surface area (Å²) in [5.74, 6) is -1.24. The topological polar surface area (TPSA) is 92.5 Å². The van der Waals surface area contributed by atoms with Gasteiger partial charge in [0.05, 0.1) is 21.7 Å². The Hall–Kier alpha value is -2.97.